The molecule has 1 atom stereocenters. The van der Waals surface area contributed by atoms with Crippen LogP contribution in [0.3, 0.4) is 0 Å². The number of rotatable bonds is 5. The van der Waals surface area contributed by atoms with Gasteiger partial charge in [-0.1, -0.05) is 12.1 Å². The number of ketones is 1. The Kier molecular flexibility index (Phi) is 5.01. The molecule has 23 heavy (non-hydrogen) atoms. The van der Waals surface area contributed by atoms with E-state index in [-0.39, 0.29) is 22.6 Å². The van der Waals surface area contributed by atoms with Crippen molar-refractivity contribution in [1.29, 1.82) is 0 Å². The van der Waals surface area contributed by atoms with Crippen molar-refractivity contribution in [2.75, 3.05) is 6.26 Å². The average molecular weight is 351 g/mol. The van der Waals surface area contributed by atoms with E-state index in [4.69, 9.17) is 0 Å². The fraction of sp³-hybridized carbons (Fsp3) is 0.250. The van der Waals surface area contributed by atoms with Crippen molar-refractivity contribution in [2.24, 2.45) is 0 Å². The highest BCUT2D eigenvalue weighted by molar-refractivity contribution is 7.90. The number of thiophene rings is 1. The van der Waals surface area contributed by atoms with Crippen LogP contribution < -0.4 is 5.32 Å². The van der Waals surface area contributed by atoms with Crippen molar-refractivity contribution >= 4 is 32.9 Å². The topological polar surface area (TPSA) is 80.3 Å². The number of sulfone groups is 1. The number of benzene rings is 1. The maximum Gasteiger partial charge on any atom is 0.261 e. The van der Waals surface area contributed by atoms with Crippen LogP contribution in [0.2, 0.25) is 0 Å². The number of hydrogen-bond acceptors (Lipinski definition) is 5. The van der Waals surface area contributed by atoms with Crippen molar-refractivity contribution in [1.82, 2.24) is 5.32 Å². The van der Waals surface area contributed by atoms with Crippen LogP contribution in [0, 0.1) is 0 Å². The fourth-order valence-corrected chi connectivity index (χ4v) is 3.44. The quantitative estimate of drug-likeness (QED) is 0.840. The first-order valence-electron chi connectivity index (χ1n) is 6.90. The minimum absolute atomic E-state index is 0.0709. The first-order chi connectivity index (χ1) is 10.7. The van der Waals surface area contributed by atoms with Gasteiger partial charge in [0.25, 0.3) is 5.91 Å². The molecule has 0 fully saturated rings. The van der Waals surface area contributed by atoms with E-state index in [1.165, 1.54) is 19.1 Å². The minimum Gasteiger partial charge on any atom is -0.345 e. The van der Waals surface area contributed by atoms with Gasteiger partial charge in [-0.15, -0.1) is 11.3 Å². The Morgan fingerprint density at radius 2 is 1.61 bits per heavy atom. The Morgan fingerprint density at radius 3 is 2.09 bits per heavy atom. The Bertz CT molecular complexity index is 835. The molecule has 1 aromatic carbocycles. The average Bonchev–Trinajstić information content (AvgIpc) is 2.96. The first-order valence-corrected chi connectivity index (χ1v) is 9.61. The predicted molar refractivity (Wildman–Crippen MR) is 89.8 cm³/mol. The SMILES string of the molecule is CC(=O)c1ccc(C(=O)N[C@@H](C)c2ccc(S(C)(=O)=O)cc2)s1. The molecule has 0 aliphatic heterocycles. The van der Waals surface area contributed by atoms with Gasteiger partial charge in [-0.2, -0.15) is 0 Å². The Hall–Kier alpha value is -1.99. The van der Waals surface area contributed by atoms with Gasteiger partial charge in [0.15, 0.2) is 15.6 Å². The summed E-state index contributed by atoms with van der Waals surface area (Å²) in [4.78, 5) is 24.7. The van der Waals surface area contributed by atoms with Crippen LogP contribution in [0.4, 0.5) is 0 Å². The molecule has 1 heterocycles. The van der Waals surface area contributed by atoms with Crippen molar-refractivity contribution in [3.8, 4) is 0 Å². The third kappa shape index (κ3) is 4.27. The molecule has 0 radical (unpaired) electrons. The molecule has 122 valence electrons. The van der Waals surface area contributed by atoms with E-state index in [1.807, 2.05) is 6.92 Å². The molecule has 7 heteroatoms. The van der Waals surface area contributed by atoms with Crippen LogP contribution in [0.15, 0.2) is 41.3 Å². The lowest BCUT2D eigenvalue weighted by molar-refractivity contribution is 0.0943. The van der Waals surface area contributed by atoms with Crippen LogP contribution in [0.25, 0.3) is 0 Å². The van der Waals surface area contributed by atoms with Gasteiger partial charge in [0.05, 0.1) is 20.7 Å². The summed E-state index contributed by atoms with van der Waals surface area (Å²) in [7, 11) is -3.23. The Morgan fingerprint density at radius 1 is 1.04 bits per heavy atom. The largest absolute Gasteiger partial charge is 0.345 e. The molecule has 0 spiro atoms. The minimum atomic E-state index is -3.23. The van der Waals surface area contributed by atoms with Gasteiger partial charge in [-0.25, -0.2) is 8.42 Å². The summed E-state index contributed by atoms with van der Waals surface area (Å²) < 4.78 is 22.9. The molecule has 0 saturated heterocycles. The molecule has 1 amide bonds. The van der Waals surface area contributed by atoms with Gasteiger partial charge in [0.2, 0.25) is 0 Å². The van der Waals surface area contributed by atoms with Crippen molar-refractivity contribution in [3.05, 3.63) is 51.7 Å². The summed E-state index contributed by atoms with van der Waals surface area (Å²) >= 11 is 1.15. The zero-order valence-corrected chi connectivity index (χ0v) is 14.6. The highest BCUT2D eigenvalue weighted by atomic mass is 32.2. The summed E-state index contributed by atoms with van der Waals surface area (Å²) in [6.45, 7) is 3.27. The smallest absolute Gasteiger partial charge is 0.261 e. The molecular weight excluding hydrogens is 334 g/mol. The van der Waals surface area contributed by atoms with E-state index in [2.05, 4.69) is 5.32 Å². The summed E-state index contributed by atoms with van der Waals surface area (Å²) in [6.07, 6.45) is 1.15. The summed E-state index contributed by atoms with van der Waals surface area (Å²) in [5.41, 5.74) is 0.800. The van der Waals surface area contributed by atoms with E-state index >= 15 is 0 Å². The van der Waals surface area contributed by atoms with Crippen molar-refractivity contribution < 1.29 is 18.0 Å². The summed E-state index contributed by atoms with van der Waals surface area (Å²) in [6, 6.07) is 9.37. The van der Waals surface area contributed by atoms with Gasteiger partial charge >= 0.3 is 0 Å². The molecule has 0 saturated carbocycles. The van der Waals surface area contributed by atoms with Gasteiger partial charge in [0, 0.05) is 6.26 Å². The Balaban J connectivity index is 2.10. The van der Waals surface area contributed by atoms with Crippen LogP contribution >= 0.6 is 11.3 Å². The first kappa shape index (κ1) is 17.4. The zero-order valence-electron chi connectivity index (χ0n) is 13.0. The molecular formula is C16H17NO4S2. The van der Waals surface area contributed by atoms with Gasteiger partial charge in [-0.3, -0.25) is 9.59 Å². The van der Waals surface area contributed by atoms with Crippen LogP contribution in [-0.4, -0.2) is 26.4 Å². The molecule has 2 rings (SSSR count). The van der Waals surface area contributed by atoms with Crippen molar-refractivity contribution in [3.63, 3.8) is 0 Å². The molecule has 0 aliphatic carbocycles. The standard InChI is InChI=1S/C16H17NO4S2/c1-10(12-4-6-13(7-5-12)23(3,20)21)17-16(19)15-9-8-14(22-15)11(2)18/h4-10H,1-3H3,(H,17,19)/t10-/m0/s1. The number of nitrogens with one attached hydrogen (secondary N) is 1. The van der Waals surface area contributed by atoms with Gasteiger partial charge < -0.3 is 5.32 Å². The van der Waals surface area contributed by atoms with Crippen molar-refractivity contribution in [2.45, 2.75) is 24.8 Å². The number of carbonyl (C=O) groups is 2. The predicted octanol–water partition coefficient (Wildman–Crippen LogP) is 2.85. The number of carbonyl (C=O) groups excluding carboxylic acids is 2. The molecule has 0 bridgehead atoms. The Labute approximate surface area is 139 Å². The van der Waals surface area contributed by atoms with Gasteiger partial charge in [0.1, 0.15) is 0 Å². The van der Waals surface area contributed by atoms with Crippen LogP contribution in [0.5, 0.6) is 0 Å². The van der Waals surface area contributed by atoms with E-state index in [0.29, 0.717) is 9.75 Å². The van der Waals surface area contributed by atoms with E-state index in [9.17, 15) is 18.0 Å². The van der Waals surface area contributed by atoms with E-state index < -0.39 is 9.84 Å². The molecule has 1 N–H and O–H groups in total. The molecule has 2 aromatic rings. The molecule has 0 unspecified atom stereocenters. The van der Waals surface area contributed by atoms with E-state index in [1.54, 1.807) is 24.3 Å². The summed E-state index contributed by atoms with van der Waals surface area (Å²) in [5, 5.41) is 2.83. The summed E-state index contributed by atoms with van der Waals surface area (Å²) in [5.74, 6) is -0.333. The second-order valence-electron chi connectivity index (χ2n) is 5.26. The normalized spacial score (nSPS) is 12.7. The number of Topliss-reactive ketones (excluding diaryl/α,β-unsaturated/α-hetero) is 1. The molecule has 0 aliphatic rings. The third-order valence-electron chi connectivity index (χ3n) is 3.33. The monoisotopic (exact) mass is 351 g/mol. The third-order valence-corrected chi connectivity index (χ3v) is 5.65. The zero-order chi connectivity index (χ0) is 17.2. The van der Waals surface area contributed by atoms with E-state index in [0.717, 1.165) is 23.2 Å². The molecule has 1 aromatic heterocycles. The lowest BCUT2D eigenvalue weighted by atomic mass is 10.1. The maximum atomic E-state index is 12.2. The van der Waals surface area contributed by atoms with Gasteiger partial charge in [-0.05, 0) is 43.7 Å². The number of hydrogen-bond donors (Lipinski definition) is 1. The highest BCUT2D eigenvalue weighted by Crippen LogP contribution is 2.20. The second kappa shape index (κ2) is 6.64. The maximum absolute atomic E-state index is 12.2. The van der Waals surface area contributed by atoms with Crippen LogP contribution in [0.1, 0.15) is 44.8 Å². The lowest BCUT2D eigenvalue weighted by Gasteiger charge is -2.14. The lowest BCUT2D eigenvalue weighted by Crippen LogP contribution is -2.25. The second-order valence-corrected chi connectivity index (χ2v) is 8.36. The molecule has 5 nitrogen and oxygen atoms in total. The fourth-order valence-electron chi connectivity index (χ4n) is 2.00. The van der Waals surface area contributed by atoms with Crippen LogP contribution in [-0.2, 0) is 9.84 Å². The highest BCUT2D eigenvalue weighted by Gasteiger charge is 2.15. The number of amides is 1.